The van der Waals surface area contributed by atoms with E-state index in [9.17, 15) is 22.4 Å². The molecule has 0 saturated carbocycles. The Morgan fingerprint density at radius 2 is 1.71 bits per heavy atom. The first-order chi connectivity index (χ1) is 21.4. The molecular formula is C32H37FN6O5S. The van der Waals surface area contributed by atoms with Gasteiger partial charge in [0.25, 0.3) is 5.91 Å². The van der Waals surface area contributed by atoms with Gasteiger partial charge in [0, 0.05) is 52.0 Å². The summed E-state index contributed by atoms with van der Waals surface area (Å²) < 4.78 is 47.2. The number of amides is 1. The van der Waals surface area contributed by atoms with Crippen LogP contribution in [0.15, 0.2) is 71.7 Å². The molecule has 4 aromatic rings. The molecule has 45 heavy (non-hydrogen) atoms. The summed E-state index contributed by atoms with van der Waals surface area (Å²) in [7, 11) is -2.40. The number of nitrogens with zero attached hydrogens (tertiary/aromatic N) is 5. The van der Waals surface area contributed by atoms with Crippen molar-refractivity contribution in [2.24, 2.45) is 0 Å². The lowest BCUT2D eigenvalue weighted by atomic mass is 10.2. The second kappa shape index (κ2) is 13.2. The van der Waals surface area contributed by atoms with Gasteiger partial charge < -0.3 is 15.0 Å². The van der Waals surface area contributed by atoms with Crippen LogP contribution in [-0.4, -0.2) is 74.1 Å². The van der Waals surface area contributed by atoms with Gasteiger partial charge in [0.1, 0.15) is 12.4 Å². The topological polar surface area (TPSA) is 117 Å². The number of fused-ring (bicyclic) bond motifs is 1. The first-order valence-corrected chi connectivity index (χ1v) is 16.5. The van der Waals surface area contributed by atoms with E-state index in [4.69, 9.17) is 4.74 Å². The Kier molecular flexibility index (Phi) is 9.40. The van der Waals surface area contributed by atoms with Gasteiger partial charge in [-0.25, -0.2) is 17.8 Å². The molecule has 0 atom stereocenters. The molecule has 1 amide bonds. The first-order valence-electron chi connectivity index (χ1n) is 14.6. The molecule has 1 aliphatic heterocycles. The van der Waals surface area contributed by atoms with E-state index in [1.54, 1.807) is 12.3 Å². The highest BCUT2D eigenvalue weighted by Gasteiger charge is 2.27. The molecule has 238 valence electrons. The molecule has 13 heteroatoms. The van der Waals surface area contributed by atoms with Gasteiger partial charge in [0.2, 0.25) is 15.8 Å². The maximum absolute atomic E-state index is 14.2. The van der Waals surface area contributed by atoms with Gasteiger partial charge in [-0.3, -0.25) is 23.2 Å². The second-order valence-corrected chi connectivity index (χ2v) is 13.3. The third-order valence-electron chi connectivity index (χ3n) is 7.90. The largest absolute Gasteiger partial charge is 0.481 e. The molecular weight excluding hydrogens is 599 g/mol. The van der Waals surface area contributed by atoms with Crippen molar-refractivity contribution in [1.29, 1.82) is 0 Å². The molecule has 1 saturated heterocycles. The molecule has 11 nitrogen and oxygen atoms in total. The van der Waals surface area contributed by atoms with E-state index in [1.165, 1.54) is 35.7 Å². The normalized spacial score (nSPS) is 14.1. The highest BCUT2D eigenvalue weighted by atomic mass is 32.2. The minimum Gasteiger partial charge on any atom is -0.481 e. The lowest BCUT2D eigenvalue weighted by Gasteiger charge is -2.38. The monoisotopic (exact) mass is 636 g/mol. The quantitative estimate of drug-likeness (QED) is 0.282. The number of aromatic nitrogens is 2. The molecule has 0 unspecified atom stereocenters. The summed E-state index contributed by atoms with van der Waals surface area (Å²) in [5.74, 6) is -1.39. The van der Waals surface area contributed by atoms with Crippen molar-refractivity contribution in [2.45, 2.75) is 33.0 Å². The number of carbonyl (C=O) groups is 1. The van der Waals surface area contributed by atoms with E-state index < -0.39 is 27.3 Å². The van der Waals surface area contributed by atoms with Crippen molar-refractivity contribution in [3.8, 4) is 5.75 Å². The summed E-state index contributed by atoms with van der Waals surface area (Å²) in [6, 6.07) is 16.9. The van der Waals surface area contributed by atoms with Gasteiger partial charge in [-0.2, -0.15) is 0 Å². The van der Waals surface area contributed by atoms with Crippen LogP contribution in [0, 0.1) is 5.82 Å². The highest BCUT2D eigenvalue weighted by molar-refractivity contribution is 7.92. The van der Waals surface area contributed by atoms with Crippen LogP contribution in [0.4, 0.5) is 15.8 Å². The number of hydrogen-bond donors (Lipinski definition) is 1. The Labute approximate surface area is 261 Å². The third-order valence-corrected chi connectivity index (χ3v) is 9.09. The van der Waals surface area contributed by atoms with E-state index >= 15 is 0 Å². The molecule has 5 rings (SSSR count). The van der Waals surface area contributed by atoms with Crippen LogP contribution in [0.5, 0.6) is 5.75 Å². The Bertz CT molecular complexity index is 1840. The number of halogens is 1. The number of nitrogens with one attached hydrogen (secondary N) is 1. The van der Waals surface area contributed by atoms with Gasteiger partial charge in [-0.15, -0.1) is 0 Å². The fourth-order valence-electron chi connectivity index (χ4n) is 5.15. The smallest absolute Gasteiger partial charge is 0.301 e. The number of carbonyl (C=O) groups excluding carboxylic acids is 1. The summed E-state index contributed by atoms with van der Waals surface area (Å²) in [6.07, 6.45) is 2.67. The molecule has 0 bridgehead atoms. The summed E-state index contributed by atoms with van der Waals surface area (Å²) >= 11 is 0. The van der Waals surface area contributed by atoms with Crippen LogP contribution in [0.25, 0.3) is 5.65 Å². The summed E-state index contributed by atoms with van der Waals surface area (Å²) in [4.78, 5) is 36.7. The zero-order valence-electron chi connectivity index (χ0n) is 25.7. The number of ether oxygens (including phenoxy) is 1. The number of hydrogen-bond acceptors (Lipinski definition) is 8. The number of anilines is 2. The fraction of sp³-hybridized carbons (Fsp3) is 0.344. The number of sulfonamides is 1. The predicted octanol–water partition coefficient (Wildman–Crippen LogP) is 3.27. The SMILES string of the molecule is CC(C)N1CCN(c2cc(N(C)S(C)(=O)=O)c3nc(C(=O)NCc4ccc(F)cc4)c(OCc4ccccc4)c(=O)n3c2)CC1. The van der Waals surface area contributed by atoms with Crippen LogP contribution in [0.1, 0.15) is 35.5 Å². The number of piperazine rings is 1. The molecule has 2 aromatic heterocycles. The first kappa shape index (κ1) is 31.9. The van der Waals surface area contributed by atoms with Crippen LogP contribution in [0.2, 0.25) is 0 Å². The number of rotatable bonds is 10. The lowest BCUT2D eigenvalue weighted by Crippen LogP contribution is -2.49. The van der Waals surface area contributed by atoms with Crippen molar-refractivity contribution >= 4 is 33.0 Å². The average Bonchev–Trinajstić information content (AvgIpc) is 3.03. The maximum Gasteiger partial charge on any atom is 0.301 e. The average molecular weight is 637 g/mol. The highest BCUT2D eigenvalue weighted by Crippen LogP contribution is 2.29. The third kappa shape index (κ3) is 7.26. The van der Waals surface area contributed by atoms with E-state index in [1.807, 2.05) is 30.3 Å². The van der Waals surface area contributed by atoms with Crippen molar-refractivity contribution in [3.05, 3.63) is 99.9 Å². The Hall–Kier alpha value is -4.49. The van der Waals surface area contributed by atoms with Gasteiger partial charge >= 0.3 is 5.56 Å². The fourth-order valence-corrected chi connectivity index (χ4v) is 5.65. The Balaban J connectivity index is 1.62. The Morgan fingerprint density at radius 3 is 2.33 bits per heavy atom. The molecule has 1 N–H and O–H groups in total. The van der Waals surface area contributed by atoms with Crippen LogP contribution in [0.3, 0.4) is 0 Å². The van der Waals surface area contributed by atoms with Gasteiger partial charge in [0.15, 0.2) is 11.3 Å². The van der Waals surface area contributed by atoms with E-state index in [-0.39, 0.29) is 35.9 Å². The molecule has 0 spiro atoms. The number of benzene rings is 2. The van der Waals surface area contributed by atoms with Crippen LogP contribution >= 0.6 is 0 Å². The Morgan fingerprint density at radius 1 is 1.04 bits per heavy atom. The van der Waals surface area contributed by atoms with Crippen molar-refractivity contribution < 1.29 is 22.3 Å². The van der Waals surface area contributed by atoms with E-state index in [0.717, 1.165) is 29.2 Å². The van der Waals surface area contributed by atoms with Crippen LogP contribution < -0.4 is 24.8 Å². The zero-order valence-corrected chi connectivity index (χ0v) is 26.6. The van der Waals surface area contributed by atoms with Gasteiger partial charge in [0.05, 0.1) is 17.6 Å². The van der Waals surface area contributed by atoms with Gasteiger partial charge in [-0.05, 0) is 43.2 Å². The lowest BCUT2D eigenvalue weighted by molar-refractivity contribution is 0.0940. The standard InChI is InChI=1S/C32H37FN6O5S/c1-22(2)37-14-16-38(17-15-37)26-18-27(36(3)45(4,42)43)30-35-28(31(40)34-19-23-10-12-25(33)13-11-23)29(32(41)39(30)20-26)44-21-24-8-6-5-7-9-24/h5-13,18,20,22H,14-17,19,21H2,1-4H3,(H,34,40). The minimum atomic E-state index is -3.78. The molecule has 2 aromatic carbocycles. The summed E-state index contributed by atoms with van der Waals surface area (Å²) in [5.41, 5.74) is 1.22. The minimum absolute atomic E-state index is 0.00494. The number of pyridine rings is 1. The molecule has 0 aliphatic carbocycles. The molecule has 3 heterocycles. The molecule has 0 radical (unpaired) electrons. The second-order valence-electron chi connectivity index (χ2n) is 11.3. The van der Waals surface area contributed by atoms with Crippen molar-refractivity contribution in [3.63, 3.8) is 0 Å². The van der Waals surface area contributed by atoms with Gasteiger partial charge in [-0.1, -0.05) is 42.5 Å². The predicted molar refractivity (Wildman–Crippen MR) is 172 cm³/mol. The maximum atomic E-state index is 14.2. The van der Waals surface area contributed by atoms with Crippen LogP contribution in [-0.2, 0) is 23.2 Å². The molecule has 1 fully saturated rings. The van der Waals surface area contributed by atoms with E-state index in [0.29, 0.717) is 30.4 Å². The van der Waals surface area contributed by atoms with Crippen molar-refractivity contribution in [2.75, 3.05) is 48.7 Å². The van der Waals surface area contributed by atoms with E-state index in [2.05, 4.69) is 33.9 Å². The summed E-state index contributed by atoms with van der Waals surface area (Å²) in [6.45, 7) is 7.27. The van der Waals surface area contributed by atoms with Crippen molar-refractivity contribution in [1.82, 2.24) is 19.6 Å². The summed E-state index contributed by atoms with van der Waals surface area (Å²) in [5, 5.41) is 2.72. The zero-order chi connectivity index (χ0) is 32.3. The molecule has 1 aliphatic rings.